The third kappa shape index (κ3) is 1.85. The molecule has 0 saturated heterocycles. The van der Waals surface area contributed by atoms with Crippen molar-refractivity contribution in [1.29, 1.82) is 0 Å². The molecule has 0 aliphatic heterocycles. The third-order valence-corrected chi connectivity index (χ3v) is 4.15. The fourth-order valence-electron chi connectivity index (χ4n) is 2.80. The van der Waals surface area contributed by atoms with Crippen LogP contribution in [0.3, 0.4) is 0 Å². The molecule has 0 saturated carbocycles. The molecule has 1 aromatic carbocycles. The van der Waals surface area contributed by atoms with Gasteiger partial charge in [-0.15, -0.1) is 0 Å². The summed E-state index contributed by atoms with van der Waals surface area (Å²) in [5.74, 6) is 0. The maximum atomic E-state index is 5.97. The van der Waals surface area contributed by atoms with Crippen molar-refractivity contribution >= 4 is 10.9 Å². The van der Waals surface area contributed by atoms with Gasteiger partial charge in [0.05, 0.1) is 0 Å². The molecule has 0 unspecified atom stereocenters. The molecule has 0 radical (unpaired) electrons. The van der Waals surface area contributed by atoms with Gasteiger partial charge in [-0.2, -0.15) is 0 Å². The Morgan fingerprint density at radius 1 is 1.28 bits per heavy atom. The van der Waals surface area contributed by atoms with Crippen molar-refractivity contribution in [3.63, 3.8) is 0 Å². The number of aromatic nitrogens is 1. The highest BCUT2D eigenvalue weighted by molar-refractivity contribution is 5.87. The Bertz CT molecular complexity index is 576. The molecule has 0 aliphatic rings. The summed E-state index contributed by atoms with van der Waals surface area (Å²) in [7, 11) is 2.14. The van der Waals surface area contributed by atoms with Crippen molar-refractivity contribution in [3.8, 4) is 0 Å². The third-order valence-electron chi connectivity index (χ3n) is 4.15. The summed E-state index contributed by atoms with van der Waals surface area (Å²) < 4.78 is 2.28. The van der Waals surface area contributed by atoms with E-state index < -0.39 is 0 Å². The van der Waals surface area contributed by atoms with Crippen molar-refractivity contribution in [2.24, 2.45) is 12.8 Å². The van der Waals surface area contributed by atoms with Gasteiger partial charge >= 0.3 is 0 Å². The topological polar surface area (TPSA) is 30.9 Å². The molecule has 0 bridgehead atoms. The van der Waals surface area contributed by atoms with Gasteiger partial charge in [0.25, 0.3) is 0 Å². The Morgan fingerprint density at radius 2 is 1.94 bits per heavy atom. The maximum absolute atomic E-state index is 5.97. The molecule has 0 aliphatic carbocycles. The van der Waals surface area contributed by atoms with E-state index in [9.17, 15) is 0 Å². The monoisotopic (exact) mass is 244 g/mol. The zero-order valence-corrected chi connectivity index (χ0v) is 12.2. The maximum Gasteiger partial charge on any atom is 0.0483 e. The van der Waals surface area contributed by atoms with Crippen LogP contribution in [0, 0.1) is 6.92 Å². The average molecular weight is 244 g/mol. The average Bonchev–Trinajstić information content (AvgIpc) is 2.61. The molecule has 2 heteroatoms. The molecule has 2 aromatic rings. The van der Waals surface area contributed by atoms with Crippen molar-refractivity contribution in [2.75, 3.05) is 6.54 Å². The van der Waals surface area contributed by atoms with E-state index in [0.717, 1.165) is 6.42 Å². The van der Waals surface area contributed by atoms with Crippen LogP contribution in [-0.4, -0.2) is 11.1 Å². The SMILES string of the molecule is CCc1ccc2c(c1)c(C(C)(C)CN)c(C)n2C. The van der Waals surface area contributed by atoms with E-state index >= 15 is 0 Å². The van der Waals surface area contributed by atoms with E-state index in [2.05, 4.69) is 57.5 Å². The predicted molar refractivity (Wildman–Crippen MR) is 79.1 cm³/mol. The second kappa shape index (κ2) is 4.43. The van der Waals surface area contributed by atoms with Crippen LogP contribution in [0.15, 0.2) is 18.2 Å². The smallest absolute Gasteiger partial charge is 0.0483 e. The normalized spacial score (nSPS) is 12.3. The van der Waals surface area contributed by atoms with Crippen molar-refractivity contribution < 1.29 is 0 Å². The number of aryl methyl sites for hydroxylation is 2. The molecule has 98 valence electrons. The van der Waals surface area contributed by atoms with Crippen LogP contribution in [0.1, 0.15) is 37.6 Å². The standard InChI is InChI=1S/C16H24N2/c1-6-12-7-8-14-13(9-12)15(11(2)18(14)5)16(3,4)10-17/h7-9H,6,10,17H2,1-5H3. The second-order valence-electron chi connectivity index (χ2n) is 5.81. The molecule has 0 amide bonds. The number of hydrogen-bond donors (Lipinski definition) is 1. The Morgan fingerprint density at radius 3 is 2.50 bits per heavy atom. The van der Waals surface area contributed by atoms with Gasteiger partial charge in [0.15, 0.2) is 0 Å². The van der Waals surface area contributed by atoms with Gasteiger partial charge in [0.1, 0.15) is 0 Å². The largest absolute Gasteiger partial charge is 0.348 e. The van der Waals surface area contributed by atoms with Crippen LogP contribution in [0.2, 0.25) is 0 Å². The molecular formula is C16H24N2. The number of nitrogens with zero attached hydrogens (tertiary/aromatic N) is 1. The minimum Gasteiger partial charge on any atom is -0.348 e. The van der Waals surface area contributed by atoms with E-state index in [1.165, 1.54) is 27.7 Å². The first-order chi connectivity index (χ1) is 8.42. The summed E-state index contributed by atoms with van der Waals surface area (Å²) in [4.78, 5) is 0. The van der Waals surface area contributed by atoms with Gasteiger partial charge < -0.3 is 10.3 Å². The van der Waals surface area contributed by atoms with Gasteiger partial charge in [0.2, 0.25) is 0 Å². The van der Waals surface area contributed by atoms with Crippen LogP contribution >= 0.6 is 0 Å². The molecule has 1 aromatic heterocycles. The summed E-state index contributed by atoms with van der Waals surface area (Å²) in [6.07, 6.45) is 1.08. The van der Waals surface area contributed by atoms with Gasteiger partial charge in [-0.05, 0) is 36.6 Å². The van der Waals surface area contributed by atoms with Crippen LogP contribution in [0.4, 0.5) is 0 Å². The lowest BCUT2D eigenvalue weighted by molar-refractivity contribution is 0.537. The Kier molecular flexibility index (Phi) is 3.24. The van der Waals surface area contributed by atoms with Crippen molar-refractivity contribution in [1.82, 2.24) is 4.57 Å². The minimum absolute atomic E-state index is 0.0238. The number of fused-ring (bicyclic) bond motifs is 1. The Balaban J connectivity index is 2.82. The van der Waals surface area contributed by atoms with E-state index in [-0.39, 0.29) is 5.41 Å². The summed E-state index contributed by atoms with van der Waals surface area (Å²) >= 11 is 0. The van der Waals surface area contributed by atoms with Gasteiger partial charge in [0, 0.05) is 35.6 Å². The van der Waals surface area contributed by atoms with E-state index in [4.69, 9.17) is 5.73 Å². The van der Waals surface area contributed by atoms with Crippen LogP contribution in [0.5, 0.6) is 0 Å². The lowest BCUT2D eigenvalue weighted by Crippen LogP contribution is -2.28. The zero-order chi connectivity index (χ0) is 13.5. The molecular weight excluding hydrogens is 220 g/mol. The summed E-state index contributed by atoms with van der Waals surface area (Å²) in [6, 6.07) is 6.79. The molecule has 18 heavy (non-hydrogen) atoms. The van der Waals surface area contributed by atoms with Gasteiger partial charge in [-0.3, -0.25) is 0 Å². The highest BCUT2D eigenvalue weighted by Crippen LogP contribution is 2.35. The van der Waals surface area contributed by atoms with Crippen molar-refractivity contribution in [2.45, 2.75) is 39.5 Å². The van der Waals surface area contributed by atoms with Crippen LogP contribution < -0.4 is 5.73 Å². The van der Waals surface area contributed by atoms with E-state index in [1.807, 2.05) is 0 Å². The van der Waals surface area contributed by atoms with Crippen LogP contribution in [-0.2, 0) is 18.9 Å². The zero-order valence-electron chi connectivity index (χ0n) is 12.2. The highest BCUT2D eigenvalue weighted by atomic mass is 14.9. The second-order valence-corrected chi connectivity index (χ2v) is 5.81. The van der Waals surface area contributed by atoms with E-state index in [1.54, 1.807) is 0 Å². The molecule has 2 nitrogen and oxygen atoms in total. The van der Waals surface area contributed by atoms with Gasteiger partial charge in [-0.25, -0.2) is 0 Å². The van der Waals surface area contributed by atoms with Crippen LogP contribution in [0.25, 0.3) is 10.9 Å². The summed E-state index contributed by atoms with van der Waals surface area (Å²) in [6.45, 7) is 9.52. The van der Waals surface area contributed by atoms with Gasteiger partial charge in [-0.1, -0.05) is 26.8 Å². The van der Waals surface area contributed by atoms with Crippen molar-refractivity contribution in [3.05, 3.63) is 35.0 Å². The fourth-order valence-corrected chi connectivity index (χ4v) is 2.80. The lowest BCUT2D eigenvalue weighted by Gasteiger charge is -2.23. The first-order valence-electron chi connectivity index (χ1n) is 6.70. The number of nitrogens with two attached hydrogens (primary N) is 1. The first kappa shape index (κ1) is 13.2. The quantitative estimate of drug-likeness (QED) is 0.882. The molecule has 0 atom stereocenters. The Hall–Kier alpha value is -1.28. The molecule has 0 spiro atoms. The fraction of sp³-hybridized carbons (Fsp3) is 0.500. The molecule has 2 N–H and O–H groups in total. The predicted octanol–water partition coefficient (Wildman–Crippen LogP) is 3.29. The highest BCUT2D eigenvalue weighted by Gasteiger charge is 2.26. The van der Waals surface area contributed by atoms with E-state index in [0.29, 0.717) is 6.54 Å². The number of benzene rings is 1. The molecule has 1 heterocycles. The molecule has 0 fully saturated rings. The summed E-state index contributed by atoms with van der Waals surface area (Å²) in [5, 5.41) is 1.37. The number of rotatable bonds is 3. The summed E-state index contributed by atoms with van der Waals surface area (Å²) in [5.41, 5.74) is 11.4. The number of hydrogen-bond acceptors (Lipinski definition) is 1. The Labute approximate surface area is 110 Å². The molecule has 2 rings (SSSR count). The first-order valence-corrected chi connectivity index (χ1v) is 6.70. The minimum atomic E-state index is 0.0238. The lowest BCUT2D eigenvalue weighted by atomic mass is 9.82.